The molecule has 1 aromatic carbocycles. The van der Waals surface area contributed by atoms with Crippen molar-refractivity contribution >= 4 is 5.96 Å². The Morgan fingerprint density at radius 1 is 1.22 bits per heavy atom. The molecule has 23 heavy (non-hydrogen) atoms. The van der Waals surface area contributed by atoms with Gasteiger partial charge in [-0.2, -0.15) is 0 Å². The van der Waals surface area contributed by atoms with Crippen molar-refractivity contribution < 1.29 is 4.74 Å². The fourth-order valence-corrected chi connectivity index (χ4v) is 3.44. The zero-order valence-corrected chi connectivity index (χ0v) is 14.6. The molecule has 126 valence electrons. The number of ether oxygens (including phenoxy) is 1. The molecular formula is C19H29N3O. The van der Waals surface area contributed by atoms with E-state index in [9.17, 15) is 0 Å². The van der Waals surface area contributed by atoms with Gasteiger partial charge in [0.05, 0.1) is 7.11 Å². The Labute approximate surface area is 139 Å². The summed E-state index contributed by atoms with van der Waals surface area (Å²) in [5, 5.41) is 3.61. The van der Waals surface area contributed by atoms with Gasteiger partial charge in [0.2, 0.25) is 0 Å². The van der Waals surface area contributed by atoms with E-state index in [2.05, 4.69) is 34.4 Å². The Morgan fingerprint density at radius 3 is 2.30 bits per heavy atom. The first-order valence-corrected chi connectivity index (χ1v) is 8.76. The van der Waals surface area contributed by atoms with Crippen molar-refractivity contribution in [1.29, 1.82) is 0 Å². The topological polar surface area (TPSA) is 36.9 Å². The predicted octanol–water partition coefficient (Wildman–Crippen LogP) is 3.14. The van der Waals surface area contributed by atoms with Gasteiger partial charge < -0.3 is 15.0 Å². The summed E-state index contributed by atoms with van der Waals surface area (Å²) in [5.74, 6) is 4.70. The number of benzene rings is 1. The highest BCUT2D eigenvalue weighted by Crippen LogP contribution is 2.48. The Kier molecular flexibility index (Phi) is 5.09. The van der Waals surface area contributed by atoms with Crippen molar-refractivity contribution in [3.05, 3.63) is 29.8 Å². The van der Waals surface area contributed by atoms with E-state index in [4.69, 9.17) is 4.74 Å². The van der Waals surface area contributed by atoms with Crippen LogP contribution in [0.4, 0.5) is 0 Å². The molecule has 0 spiro atoms. The summed E-state index contributed by atoms with van der Waals surface area (Å²) in [6.07, 6.45) is 5.73. The van der Waals surface area contributed by atoms with Crippen molar-refractivity contribution in [3.8, 4) is 5.75 Å². The van der Waals surface area contributed by atoms with Crippen molar-refractivity contribution in [2.45, 2.75) is 32.2 Å². The molecule has 4 nitrogen and oxygen atoms in total. The van der Waals surface area contributed by atoms with Crippen molar-refractivity contribution in [2.75, 3.05) is 27.7 Å². The fourth-order valence-electron chi connectivity index (χ4n) is 3.44. The van der Waals surface area contributed by atoms with Crippen LogP contribution in [0.1, 0.15) is 31.2 Å². The Morgan fingerprint density at radius 2 is 1.83 bits per heavy atom. The van der Waals surface area contributed by atoms with Gasteiger partial charge in [0.25, 0.3) is 0 Å². The van der Waals surface area contributed by atoms with Crippen LogP contribution >= 0.6 is 0 Å². The van der Waals surface area contributed by atoms with Gasteiger partial charge in [-0.15, -0.1) is 0 Å². The summed E-state index contributed by atoms with van der Waals surface area (Å²) in [7, 11) is 5.67. The van der Waals surface area contributed by atoms with E-state index >= 15 is 0 Å². The van der Waals surface area contributed by atoms with E-state index in [-0.39, 0.29) is 0 Å². The Balaban J connectivity index is 1.52. The highest BCUT2D eigenvalue weighted by molar-refractivity contribution is 5.79. The molecule has 0 radical (unpaired) electrons. The third kappa shape index (κ3) is 4.40. The van der Waals surface area contributed by atoms with Gasteiger partial charge >= 0.3 is 0 Å². The van der Waals surface area contributed by atoms with Gasteiger partial charge in [-0.1, -0.05) is 12.1 Å². The van der Waals surface area contributed by atoms with E-state index < -0.39 is 0 Å². The first-order chi connectivity index (χ1) is 11.2. The van der Waals surface area contributed by atoms with Crippen LogP contribution in [0, 0.1) is 17.8 Å². The van der Waals surface area contributed by atoms with E-state index in [1.54, 1.807) is 7.11 Å². The van der Waals surface area contributed by atoms with Crippen LogP contribution in [-0.4, -0.2) is 38.6 Å². The third-order valence-electron chi connectivity index (χ3n) is 5.10. The van der Waals surface area contributed by atoms with Gasteiger partial charge in [-0.25, -0.2) is 0 Å². The van der Waals surface area contributed by atoms with Gasteiger partial charge in [0, 0.05) is 27.2 Å². The number of nitrogens with zero attached hydrogens (tertiary/aromatic N) is 2. The molecule has 3 rings (SSSR count). The lowest BCUT2D eigenvalue weighted by atomic mass is 9.98. The number of guanidine groups is 1. The second kappa shape index (κ2) is 7.24. The smallest absolute Gasteiger partial charge is 0.193 e. The lowest BCUT2D eigenvalue weighted by Crippen LogP contribution is -2.41. The maximum absolute atomic E-state index is 5.21. The van der Waals surface area contributed by atoms with Crippen LogP contribution in [0.3, 0.4) is 0 Å². The minimum atomic E-state index is 0.848. The number of hydrogen-bond donors (Lipinski definition) is 1. The average molecular weight is 315 g/mol. The molecule has 1 aromatic rings. The summed E-state index contributed by atoms with van der Waals surface area (Å²) >= 11 is 0. The number of rotatable bonds is 7. The number of hydrogen-bond acceptors (Lipinski definition) is 2. The zero-order valence-electron chi connectivity index (χ0n) is 14.6. The first kappa shape index (κ1) is 16.2. The first-order valence-electron chi connectivity index (χ1n) is 8.76. The van der Waals surface area contributed by atoms with Crippen molar-refractivity contribution in [1.82, 2.24) is 10.2 Å². The minimum absolute atomic E-state index is 0.848. The molecule has 2 saturated carbocycles. The standard InChI is InChI=1S/C19H29N3O/c1-20-19(21-12-18(15-6-7-15)16-8-9-16)22(2)13-14-4-10-17(23-3)11-5-14/h4-5,10-11,15-16,18H,6-9,12-13H2,1-3H3,(H,20,21). The number of aliphatic imine (C=N–C) groups is 1. The summed E-state index contributed by atoms with van der Waals surface area (Å²) in [5.41, 5.74) is 1.26. The van der Waals surface area contributed by atoms with E-state index in [1.165, 1.54) is 31.2 Å². The molecule has 0 heterocycles. The zero-order chi connectivity index (χ0) is 16.2. The van der Waals surface area contributed by atoms with Crippen LogP contribution < -0.4 is 10.1 Å². The molecular weight excluding hydrogens is 286 g/mol. The minimum Gasteiger partial charge on any atom is -0.497 e. The Hall–Kier alpha value is -1.71. The molecule has 0 aliphatic heterocycles. The molecule has 1 N–H and O–H groups in total. The normalized spacial score (nSPS) is 18.2. The molecule has 0 bridgehead atoms. The quantitative estimate of drug-likeness (QED) is 0.620. The summed E-state index contributed by atoms with van der Waals surface area (Å²) < 4.78 is 5.21. The molecule has 2 aliphatic rings. The molecule has 2 fully saturated rings. The molecule has 0 amide bonds. The third-order valence-corrected chi connectivity index (χ3v) is 5.10. The lowest BCUT2D eigenvalue weighted by Gasteiger charge is -2.25. The number of nitrogens with one attached hydrogen (secondary N) is 1. The highest BCUT2D eigenvalue weighted by Gasteiger charge is 2.41. The molecule has 0 atom stereocenters. The van der Waals surface area contributed by atoms with Gasteiger partial charge in [0.15, 0.2) is 5.96 Å². The van der Waals surface area contributed by atoms with Gasteiger partial charge in [-0.3, -0.25) is 4.99 Å². The van der Waals surface area contributed by atoms with Crippen LogP contribution in [0.25, 0.3) is 0 Å². The van der Waals surface area contributed by atoms with Crippen LogP contribution in [0.5, 0.6) is 5.75 Å². The second-order valence-electron chi connectivity index (χ2n) is 6.97. The fraction of sp³-hybridized carbons (Fsp3) is 0.632. The molecule has 4 heteroatoms. The van der Waals surface area contributed by atoms with E-state index in [0.29, 0.717) is 0 Å². The highest BCUT2D eigenvalue weighted by atomic mass is 16.5. The summed E-state index contributed by atoms with van der Waals surface area (Å²) in [6.45, 7) is 1.93. The van der Waals surface area contributed by atoms with Crippen molar-refractivity contribution in [2.24, 2.45) is 22.7 Å². The maximum atomic E-state index is 5.21. The van der Waals surface area contributed by atoms with E-state index in [0.717, 1.165) is 42.6 Å². The Bertz CT molecular complexity index is 520. The van der Waals surface area contributed by atoms with Crippen LogP contribution in [0.2, 0.25) is 0 Å². The lowest BCUT2D eigenvalue weighted by molar-refractivity contribution is 0.387. The van der Waals surface area contributed by atoms with Crippen LogP contribution in [-0.2, 0) is 6.54 Å². The monoisotopic (exact) mass is 315 g/mol. The largest absolute Gasteiger partial charge is 0.497 e. The SMILES string of the molecule is CN=C(NCC(C1CC1)C1CC1)N(C)Cc1ccc(OC)cc1. The van der Waals surface area contributed by atoms with Gasteiger partial charge in [-0.05, 0) is 61.1 Å². The van der Waals surface area contributed by atoms with Crippen LogP contribution in [0.15, 0.2) is 29.3 Å². The predicted molar refractivity (Wildman–Crippen MR) is 94.8 cm³/mol. The molecule has 0 saturated heterocycles. The summed E-state index contributed by atoms with van der Waals surface area (Å²) in [6, 6.07) is 8.24. The summed E-state index contributed by atoms with van der Waals surface area (Å²) in [4.78, 5) is 6.65. The van der Waals surface area contributed by atoms with Crippen molar-refractivity contribution in [3.63, 3.8) is 0 Å². The average Bonchev–Trinajstić information content (AvgIpc) is 3.46. The maximum Gasteiger partial charge on any atom is 0.193 e. The number of methoxy groups -OCH3 is 1. The molecule has 0 unspecified atom stereocenters. The van der Waals surface area contributed by atoms with E-state index in [1.807, 2.05) is 19.2 Å². The second-order valence-corrected chi connectivity index (χ2v) is 6.97. The molecule has 0 aromatic heterocycles. The van der Waals surface area contributed by atoms with Gasteiger partial charge in [0.1, 0.15) is 5.75 Å². The molecule has 2 aliphatic carbocycles.